The van der Waals surface area contributed by atoms with Crippen LogP contribution in [0.1, 0.15) is 61.3 Å². The Hall–Kier alpha value is -2.13. The molecule has 0 aromatic heterocycles. The van der Waals surface area contributed by atoms with Gasteiger partial charge in [-0.15, -0.1) is 0 Å². The second kappa shape index (κ2) is 9.56. The maximum atomic E-state index is 11.3. The van der Waals surface area contributed by atoms with Crippen LogP contribution in [0.2, 0.25) is 0 Å². The van der Waals surface area contributed by atoms with Crippen molar-refractivity contribution < 1.29 is 9.53 Å². The molecule has 1 aliphatic carbocycles. The number of carbonyl (C=O) groups excluding carboxylic acids is 1. The van der Waals surface area contributed by atoms with Crippen LogP contribution in [0.5, 0.6) is 5.75 Å². The van der Waals surface area contributed by atoms with E-state index in [1.165, 1.54) is 61.9 Å². The van der Waals surface area contributed by atoms with E-state index in [4.69, 9.17) is 4.74 Å². The van der Waals surface area contributed by atoms with Crippen LogP contribution in [-0.4, -0.2) is 30.9 Å². The number of hydrogen-bond acceptors (Lipinski definition) is 3. The summed E-state index contributed by atoms with van der Waals surface area (Å²) < 4.78 is 5.72. The molecule has 2 fully saturated rings. The Morgan fingerprint density at radius 3 is 2.65 bits per heavy atom. The van der Waals surface area contributed by atoms with Crippen molar-refractivity contribution in [2.45, 2.75) is 65.3 Å². The van der Waals surface area contributed by atoms with E-state index in [1.54, 1.807) is 14.0 Å². The van der Waals surface area contributed by atoms with Gasteiger partial charge in [-0.3, -0.25) is 9.69 Å². The fourth-order valence-electron chi connectivity index (χ4n) is 6.08. The zero-order valence-electron chi connectivity index (χ0n) is 19.5. The van der Waals surface area contributed by atoms with Crippen LogP contribution in [-0.2, 0) is 24.2 Å². The fraction of sp³-hybridized carbons (Fsp3) is 0.536. The number of Topliss-reactive ketones (excluding diaryl/α,β-unsaturated/α-hetero) is 1. The van der Waals surface area contributed by atoms with E-state index in [-0.39, 0.29) is 5.78 Å². The predicted molar refractivity (Wildman–Crippen MR) is 127 cm³/mol. The lowest BCUT2D eigenvalue weighted by molar-refractivity contribution is -0.116. The number of rotatable bonds is 7. The number of nitrogens with zero attached hydrogens (tertiary/aromatic N) is 1. The molecule has 3 nitrogen and oxygen atoms in total. The molecule has 1 saturated heterocycles. The summed E-state index contributed by atoms with van der Waals surface area (Å²) in [6.45, 7) is 7.26. The van der Waals surface area contributed by atoms with Gasteiger partial charge in [-0.2, -0.15) is 0 Å². The Labute approximate surface area is 187 Å². The molecule has 1 spiro atoms. The van der Waals surface area contributed by atoms with Gasteiger partial charge in [0.15, 0.2) is 0 Å². The molecule has 0 bridgehead atoms. The second-order valence-corrected chi connectivity index (χ2v) is 10.1. The average Bonchev–Trinajstić information content (AvgIpc) is 3.11. The molecule has 1 saturated carbocycles. The maximum Gasteiger partial charge on any atom is 0.134 e. The third-order valence-corrected chi connectivity index (χ3v) is 7.45. The number of ether oxygens (including phenoxy) is 1. The molecule has 0 radical (unpaired) electrons. The van der Waals surface area contributed by atoms with Crippen LogP contribution in [0.4, 0.5) is 0 Å². The molecule has 0 amide bonds. The molecule has 2 aromatic rings. The summed E-state index contributed by atoms with van der Waals surface area (Å²) in [6.07, 6.45) is 8.44. The zero-order valence-corrected chi connectivity index (χ0v) is 19.5. The van der Waals surface area contributed by atoms with Crippen LogP contribution in [0.15, 0.2) is 42.5 Å². The first-order valence-corrected chi connectivity index (χ1v) is 11.9. The lowest BCUT2D eigenvalue weighted by Crippen LogP contribution is -2.33. The van der Waals surface area contributed by atoms with Crippen molar-refractivity contribution in [2.24, 2.45) is 11.3 Å². The molecule has 2 aliphatic rings. The number of ketones is 1. The molecule has 31 heavy (non-hydrogen) atoms. The number of hydrogen-bond donors (Lipinski definition) is 0. The molecule has 1 heterocycles. The third kappa shape index (κ3) is 5.38. The number of para-hydroxylation sites is 1. The summed E-state index contributed by atoms with van der Waals surface area (Å²) in [5.41, 5.74) is 5.60. The summed E-state index contributed by atoms with van der Waals surface area (Å²) in [5, 5.41) is 0. The van der Waals surface area contributed by atoms with Crippen molar-refractivity contribution in [3.8, 4) is 5.75 Å². The number of carbonyl (C=O) groups is 1. The Bertz CT molecular complexity index is 904. The SMILES string of the molecule is COc1c(C)cccc1CC1CCCC2(CCN(Cc3ccc(CC(C)=O)cc3)C2)C1. The number of benzene rings is 2. The highest BCUT2D eigenvalue weighted by atomic mass is 16.5. The summed E-state index contributed by atoms with van der Waals surface area (Å²) in [7, 11) is 1.80. The van der Waals surface area contributed by atoms with E-state index < -0.39 is 0 Å². The zero-order chi connectivity index (χ0) is 21.8. The molecular weight excluding hydrogens is 382 g/mol. The largest absolute Gasteiger partial charge is 0.496 e. The Morgan fingerprint density at radius 2 is 1.90 bits per heavy atom. The van der Waals surface area contributed by atoms with Gasteiger partial charge in [-0.25, -0.2) is 0 Å². The topological polar surface area (TPSA) is 29.5 Å². The van der Waals surface area contributed by atoms with Crippen molar-refractivity contribution in [3.05, 3.63) is 64.7 Å². The van der Waals surface area contributed by atoms with Crippen LogP contribution in [0.25, 0.3) is 0 Å². The minimum atomic E-state index is 0.226. The van der Waals surface area contributed by atoms with Gasteiger partial charge in [0, 0.05) is 19.5 Å². The highest BCUT2D eigenvalue weighted by Crippen LogP contribution is 2.47. The van der Waals surface area contributed by atoms with Crippen molar-refractivity contribution in [2.75, 3.05) is 20.2 Å². The smallest absolute Gasteiger partial charge is 0.134 e. The average molecular weight is 420 g/mol. The molecule has 4 rings (SSSR count). The van der Waals surface area contributed by atoms with E-state index in [9.17, 15) is 4.79 Å². The molecule has 0 N–H and O–H groups in total. The van der Waals surface area contributed by atoms with Crippen LogP contribution < -0.4 is 4.74 Å². The monoisotopic (exact) mass is 419 g/mol. The van der Waals surface area contributed by atoms with Gasteiger partial charge in [-0.05, 0) is 79.7 Å². The second-order valence-electron chi connectivity index (χ2n) is 10.1. The van der Waals surface area contributed by atoms with E-state index in [0.29, 0.717) is 11.8 Å². The van der Waals surface area contributed by atoms with E-state index in [1.807, 2.05) is 0 Å². The van der Waals surface area contributed by atoms with Gasteiger partial charge in [0.1, 0.15) is 11.5 Å². The standard InChI is InChI=1S/C28H37NO2/c1-21-6-4-8-26(27(21)31-3)17-25-7-5-13-28(18-25)14-15-29(20-28)19-24-11-9-23(10-12-24)16-22(2)30/h4,6,8-12,25H,5,7,13-20H2,1-3H3. The third-order valence-electron chi connectivity index (χ3n) is 7.45. The molecule has 3 heteroatoms. The molecule has 2 unspecified atom stereocenters. The molecule has 2 aromatic carbocycles. The van der Waals surface area contributed by atoms with Gasteiger partial charge >= 0.3 is 0 Å². The Morgan fingerprint density at radius 1 is 1.13 bits per heavy atom. The van der Waals surface area contributed by atoms with Crippen molar-refractivity contribution in [1.82, 2.24) is 4.90 Å². The first-order valence-electron chi connectivity index (χ1n) is 11.9. The van der Waals surface area contributed by atoms with Gasteiger partial charge in [0.25, 0.3) is 0 Å². The number of likely N-dealkylation sites (tertiary alicyclic amines) is 1. The summed E-state index contributed by atoms with van der Waals surface area (Å²) >= 11 is 0. The highest BCUT2D eigenvalue weighted by Gasteiger charge is 2.41. The molecule has 1 aliphatic heterocycles. The first kappa shape index (κ1) is 22.1. The Balaban J connectivity index is 1.36. The van der Waals surface area contributed by atoms with E-state index in [2.05, 4.69) is 54.3 Å². The van der Waals surface area contributed by atoms with Gasteiger partial charge < -0.3 is 4.74 Å². The van der Waals surface area contributed by atoms with Gasteiger partial charge in [-0.1, -0.05) is 55.3 Å². The maximum absolute atomic E-state index is 11.3. The molecular formula is C28H37NO2. The van der Waals surface area contributed by atoms with Crippen molar-refractivity contribution in [3.63, 3.8) is 0 Å². The lowest BCUT2D eigenvalue weighted by Gasteiger charge is -2.38. The normalized spacial score (nSPS) is 23.9. The van der Waals surface area contributed by atoms with Crippen LogP contribution >= 0.6 is 0 Å². The number of methoxy groups -OCH3 is 1. The van der Waals surface area contributed by atoms with Crippen LogP contribution in [0.3, 0.4) is 0 Å². The Kier molecular flexibility index (Phi) is 6.81. The van der Waals surface area contributed by atoms with Crippen LogP contribution in [0, 0.1) is 18.3 Å². The summed E-state index contributed by atoms with van der Waals surface area (Å²) in [6, 6.07) is 15.2. The lowest BCUT2D eigenvalue weighted by atomic mass is 9.67. The van der Waals surface area contributed by atoms with Crippen molar-refractivity contribution >= 4 is 5.78 Å². The quantitative estimate of drug-likeness (QED) is 0.571. The highest BCUT2D eigenvalue weighted by molar-refractivity contribution is 5.78. The fourth-order valence-corrected chi connectivity index (χ4v) is 6.08. The van der Waals surface area contributed by atoms with Crippen molar-refractivity contribution in [1.29, 1.82) is 0 Å². The summed E-state index contributed by atoms with van der Waals surface area (Å²) in [5.74, 6) is 2.07. The van der Waals surface area contributed by atoms with Gasteiger partial charge in [0.05, 0.1) is 7.11 Å². The molecule has 2 atom stereocenters. The number of aryl methyl sites for hydroxylation is 1. The van der Waals surface area contributed by atoms with Gasteiger partial charge in [0.2, 0.25) is 0 Å². The minimum absolute atomic E-state index is 0.226. The van der Waals surface area contributed by atoms with E-state index in [0.717, 1.165) is 30.2 Å². The van der Waals surface area contributed by atoms with E-state index >= 15 is 0 Å². The minimum Gasteiger partial charge on any atom is -0.496 e. The first-order chi connectivity index (χ1) is 15.0. The molecule has 166 valence electrons. The summed E-state index contributed by atoms with van der Waals surface area (Å²) in [4.78, 5) is 14.0. The predicted octanol–water partition coefficient (Wildman–Crippen LogP) is 5.76.